The van der Waals surface area contributed by atoms with Crippen molar-refractivity contribution >= 4 is 27.8 Å². The van der Waals surface area contributed by atoms with Gasteiger partial charge in [0.05, 0.1) is 11.6 Å². The van der Waals surface area contributed by atoms with Gasteiger partial charge < -0.3 is 14.7 Å². The van der Waals surface area contributed by atoms with E-state index in [0.717, 1.165) is 22.2 Å². The fourth-order valence-electron chi connectivity index (χ4n) is 2.12. The van der Waals surface area contributed by atoms with Crippen LogP contribution in [0.5, 0.6) is 5.75 Å². The Morgan fingerprint density at radius 3 is 2.59 bits per heavy atom. The van der Waals surface area contributed by atoms with Crippen LogP contribution < -0.4 is 4.74 Å². The lowest BCUT2D eigenvalue weighted by atomic mass is 10.1. The summed E-state index contributed by atoms with van der Waals surface area (Å²) in [4.78, 5) is 24.6. The molecule has 1 aromatic rings. The Bertz CT molecular complexity index is 533. The molecule has 6 heteroatoms. The molecular formula is C16H22BrNO4. The minimum Gasteiger partial charge on any atom is -0.496 e. The van der Waals surface area contributed by atoms with Crippen molar-refractivity contribution in [2.24, 2.45) is 0 Å². The van der Waals surface area contributed by atoms with E-state index in [1.165, 1.54) is 4.90 Å². The zero-order valence-corrected chi connectivity index (χ0v) is 14.7. The van der Waals surface area contributed by atoms with Gasteiger partial charge in [-0.25, -0.2) is 0 Å². The Labute approximate surface area is 139 Å². The lowest BCUT2D eigenvalue weighted by Gasteiger charge is -2.27. The van der Waals surface area contributed by atoms with Gasteiger partial charge in [-0.2, -0.15) is 0 Å². The smallest absolute Gasteiger partial charge is 0.323 e. The molecule has 0 spiro atoms. The summed E-state index contributed by atoms with van der Waals surface area (Å²) >= 11 is 3.41. The predicted octanol–water partition coefficient (Wildman–Crippen LogP) is 3.10. The molecule has 0 radical (unpaired) electrons. The Balaban J connectivity index is 2.69. The van der Waals surface area contributed by atoms with Crippen LogP contribution in [0.2, 0.25) is 0 Å². The molecule has 0 aliphatic carbocycles. The average Bonchev–Trinajstić information content (AvgIpc) is 2.49. The molecule has 0 heterocycles. The SMILES string of the molecule is CCC(C)N(CC(=O)O)C(=O)CCc1ccc(OC)c(Br)c1. The van der Waals surface area contributed by atoms with E-state index in [9.17, 15) is 9.59 Å². The number of benzene rings is 1. The van der Waals surface area contributed by atoms with Crippen LogP contribution in [0, 0.1) is 0 Å². The Kier molecular flexibility index (Phi) is 7.38. The summed E-state index contributed by atoms with van der Waals surface area (Å²) in [6.45, 7) is 3.55. The van der Waals surface area contributed by atoms with Crippen LogP contribution in [-0.2, 0) is 16.0 Å². The number of amides is 1. The Hall–Kier alpha value is -1.56. The van der Waals surface area contributed by atoms with Crippen molar-refractivity contribution in [3.63, 3.8) is 0 Å². The van der Waals surface area contributed by atoms with E-state index in [0.29, 0.717) is 6.42 Å². The number of carboxylic acid groups (broad SMARTS) is 1. The van der Waals surface area contributed by atoms with Crippen LogP contribution in [0.15, 0.2) is 22.7 Å². The molecule has 1 N–H and O–H groups in total. The van der Waals surface area contributed by atoms with Gasteiger partial charge in [-0.3, -0.25) is 9.59 Å². The van der Waals surface area contributed by atoms with Crippen LogP contribution in [0.4, 0.5) is 0 Å². The van der Waals surface area contributed by atoms with Crippen molar-refractivity contribution in [2.75, 3.05) is 13.7 Å². The van der Waals surface area contributed by atoms with Crippen LogP contribution >= 0.6 is 15.9 Å². The Morgan fingerprint density at radius 1 is 1.41 bits per heavy atom. The van der Waals surface area contributed by atoms with Crippen molar-refractivity contribution in [1.29, 1.82) is 0 Å². The van der Waals surface area contributed by atoms with Gasteiger partial charge in [-0.05, 0) is 53.4 Å². The first-order chi connectivity index (χ1) is 10.4. The third kappa shape index (κ3) is 5.33. The van der Waals surface area contributed by atoms with Gasteiger partial charge in [-0.15, -0.1) is 0 Å². The minimum absolute atomic E-state index is 0.0776. The first-order valence-corrected chi connectivity index (χ1v) is 8.02. The van der Waals surface area contributed by atoms with Gasteiger partial charge in [-0.1, -0.05) is 13.0 Å². The number of hydrogen-bond acceptors (Lipinski definition) is 3. The predicted molar refractivity (Wildman–Crippen MR) is 88.1 cm³/mol. The number of carbonyl (C=O) groups is 2. The number of aryl methyl sites for hydroxylation is 1. The van der Waals surface area contributed by atoms with E-state index >= 15 is 0 Å². The number of methoxy groups -OCH3 is 1. The van der Waals surface area contributed by atoms with Crippen molar-refractivity contribution < 1.29 is 19.4 Å². The molecule has 1 amide bonds. The van der Waals surface area contributed by atoms with Crippen molar-refractivity contribution in [2.45, 2.75) is 39.2 Å². The van der Waals surface area contributed by atoms with Gasteiger partial charge in [0, 0.05) is 12.5 Å². The van der Waals surface area contributed by atoms with Crippen LogP contribution in [0.3, 0.4) is 0 Å². The van der Waals surface area contributed by atoms with Crippen LogP contribution in [0.1, 0.15) is 32.3 Å². The highest BCUT2D eigenvalue weighted by atomic mass is 79.9. The number of halogens is 1. The number of rotatable bonds is 8. The summed E-state index contributed by atoms with van der Waals surface area (Å²) in [6.07, 6.45) is 1.58. The number of ether oxygens (including phenoxy) is 1. The van der Waals surface area contributed by atoms with Gasteiger partial charge in [0.1, 0.15) is 12.3 Å². The number of hydrogen-bond donors (Lipinski definition) is 1. The minimum atomic E-state index is -0.985. The third-order valence-corrected chi connectivity index (χ3v) is 4.21. The summed E-state index contributed by atoms with van der Waals surface area (Å²) in [5.74, 6) is -0.383. The van der Waals surface area contributed by atoms with Crippen LogP contribution in [-0.4, -0.2) is 41.6 Å². The normalized spacial score (nSPS) is 11.8. The van der Waals surface area contributed by atoms with Crippen molar-refractivity contribution in [1.82, 2.24) is 4.90 Å². The third-order valence-electron chi connectivity index (χ3n) is 3.59. The fourth-order valence-corrected chi connectivity index (χ4v) is 2.70. The van der Waals surface area contributed by atoms with E-state index in [-0.39, 0.29) is 24.9 Å². The van der Waals surface area contributed by atoms with Gasteiger partial charge in [0.25, 0.3) is 0 Å². The highest BCUT2D eigenvalue weighted by Crippen LogP contribution is 2.26. The summed E-state index contributed by atoms with van der Waals surface area (Å²) < 4.78 is 6.00. The number of nitrogens with zero attached hydrogens (tertiary/aromatic N) is 1. The zero-order chi connectivity index (χ0) is 16.7. The van der Waals surface area contributed by atoms with Gasteiger partial charge in [0.2, 0.25) is 5.91 Å². The summed E-state index contributed by atoms with van der Waals surface area (Å²) in [5.41, 5.74) is 1.00. The molecule has 1 unspecified atom stereocenters. The summed E-state index contributed by atoms with van der Waals surface area (Å²) in [5, 5.41) is 8.94. The maximum Gasteiger partial charge on any atom is 0.323 e. The average molecular weight is 372 g/mol. The fraction of sp³-hybridized carbons (Fsp3) is 0.500. The highest BCUT2D eigenvalue weighted by Gasteiger charge is 2.21. The van der Waals surface area contributed by atoms with Crippen LogP contribution in [0.25, 0.3) is 0 Å². The molecule has 0 fully saturated rings. The molecule has 22 heavy (non-hydrogen) atoms. The summed E-state index contributed by atoms with van der Waals surface area (Å²) in [6, 6.07) is 5.58. The van der Waals surface area contributed by atoms with E-state index in [2.05, 4.69) is 15.9 Å². The molecule has 0 bridgehead atoms. The molecule has 0 aromatic heterocycles. The largest absolute Gasteiger partial charge is 0.496 e. The first kappa shape index (κ1) is 18.5. The number of aliphatic carboxylic acids is 1. The summed E-state index contributed by atoms with van der Waals surface area (Å²) in [7, 11) is 1.60. The molecule has 122 valence electrons. The van der Waals surface area contributed by atoms with E-state index < -0.39 is 5.97 Å². The van der Waals surface area contributed by atoms with E-state index in [4.69, 9.17) is 9.84 Å². The molecule has 0 saturated carbocycles. The lowest BCUT2D eigenvalue weighted by molar-refractivity contribution is -0.146. The second-order valence-corrected chi connectivity index (χ2v) is 6.00. The molecule has 1 rings (SSSR count). The Morgan fingerprint density at radius 2 is 2.09 bits per heavy atom. The van der Waals surface area contributed by atoms with Crippen molar-refractivity contribution in [3.8, 4) is 5.75 Å². The maximum absolute atomic E-state index is 12.3. The second kappa shape index (κ2) is 8.78. The molecule has 0 aliphatic rings. The molecule has 1 atom stereocenters. The van der Waals surface area contributed by atoms with E-state index in [1.807, 2.05) is 32.0 Å². The second-order valence-electron chi connectivity index (χ2n) is 5.14. The molecule has 1 aromatic carbocycles. The molecular weight excluding hydrogens is 350 g/mol. The van der Waals surface area contributed by atoms with E-state index in [1.54, 1.807) is 7.11 Å². The quantitative estimate of drug-likeness (QED) is 0.762. The number of carboxylic acids is 1. The van der Waals surface area contributed by atoms with Gasteiger partial charge in [0.15, 0.2) is 0 Å². The number of carbonyl (C=O) groups excluding carboxylic acids is 1. The molecule has 0 saturated heterocycles. The standard InChI is InChI=1S/C16H22BrNO4/c1-4-11(2)18(10-16(20)21)15(19)8-6-12-5-7-14(22-3)13(17)9-12/h5,7,9,11H,4,6,8,10H2,1-3H3,(H,20,21). The zero-order valence-electron chi connectivity index (χ0n) is 13.1. The monoisotopic (exact) mass is 371 g/mol. The maximum atomic E-state index is 12.3. The lowest BCUT2D eigenvalue weighted by Crippen LogP contribution is -2.41. The molecule has 0 aliphatic heterocycles. The van der Waals surface area contributed by atoms with Crippen molar-refractivity contribution in [3.05, 3.63) is 28.2 Å². The highest BCUT2D eigenvalue weighted by molar-refractivity contribution is 9.10. The molecule has 5 nitrogen and oxygen atoms in total. The first-order valence-electron chi connectivity index (χ1n) is 7.22. The topological polar surface area (TPSA) is 66.8 Å². The van der Waals surface area contributed by atoms with Gasteiger partial charge >= 0.3 is 5.97 Å².